The summed E-state index contributed by atoms with van der Waals surface area (Å²) in [5, 5.41) is 0.592. The summed E-state index contributed by atoms with van der Waals surface area (Å²) >= 11 is 7.29. The highest BCUT2D eigenvalue weighted by molar-refractivity contribution is 7.98. The second kappa shape index (κ2) is 6.95. The van der Waals surface area contributed by atoms with Gasteiger partial charge in [0.05, 0.1) is 0 Å². The predicted octanol–water partition coefficient (Wildman–Crippen LogP) is 4.96. The standard InChI is InChI=1S/C14H11ClF3NOS/c15-9-4-2-1-3-8(9)7-21-13-6-12(20-14(17)18)10(16)5-11(13)19/h1-6,14H,7,19H2. The van der Waals surface area contributed by atoms with Crippen molar-refractivity contribution in [2.45, 2.75) is 17.3 Å². The van der Waals surface area contributed by atoms with E-state index in [1.807, 2.05) is 12.1 Å². The number of benzene rings is 2. The molecule has 2 rings (SSSR count). The monoisotopic (exact) mass is 333 g/mol. The molecule has 0 heterocycles. The molecule has 0 aliphatic carbocycles. The third kappa shape index (κ3) is 4.22. The van der Waals surface area contributed by atoms with Crippen molar-refractivity contribution in [2.75, 3.05) is 5.73 Å². The molecule has 0 saturated carbocycles. The fraction of sp³-hybridized carbons (Fsp3) is 0.143. The summed E-state index contributed by atoms with van der Waals surface area (Å²) in [7, 11) is 0. The molecule has 0 aliphatic heterocycles. The first-order valence-electron chi connectivity index (χ1n) is 5.87. The van der Waals surface area contributed by atoms with Crippen LogP contribution in [0.25, 0.3) is 0 Å². The summed E-state index contributed by atoms with van der Waals surface area (Å²) in [5.41, 5.74) is 6.71. The van der Waals surface area contributed by atoms with Gasteiger partial charge < -0.3 is 10.5 Å². The lowest BCUT2D eigenvalue weighted by Gasteiger charge is -2.11. The Balaban J connectivity index is 2.18. The van der Waals surface area contributed by atoms with Crippen LogP contribution in [-0.4, -0.2) is 6.61 Å². The van der Waals surface area contributed by atoms with E-state index in [1.165, 1.54) is 17.8 Å². The molecule has 0 saturated heterocycles. The van der Waals surface area contributed by atoms with Gasteiger partial charge in [-0.15, -0.1) is 11.8 Å². The summed E-state index contributed by atoms with van der Waals surface area (Å²) in [5.74, 6) is -0.973. The molecule has 0 amide bonds. The second-order valence-electron chi connectivity index (χ2n) is 4.08. The van der Waals surface area contributed by atoms with E-state index in [1.54, 1.807) is 12.1 Å². The summed E-state index contributed by atoms with van der Waals surface area (Å²) in [4.78, 5) is 0.451. The minimum absolute atomic E-state index is 0.158. The van der Waals surface area contributed by atoms with Crippen LogP contribution in [0.5, 0.6) is 5.75 Å². The molecule has 2 aromatic rings. The molecule has 0 spiro atoms. The van der Waals surface area contributed by atoms with Crippen LogP contribution in [0.1, 0.15) is 5.56 Å². The summed E-state index contributed by atoms with van der Waals surface area (Å²) in [6.07, 6.45) is 0. The molecule has 0 bridgehead atoms. The molecule has 2 nitrogen and oxygen atoms in total. The lowest BCUT2D eigenvalue weighted by Crippen LogP contribution is -2.04. The van der Waals surface area contributed by atoms with Gasteiger partial charge in [-0.3, -0.25) is 0 Å². The average Bonchev–Trinajstić information content (AvgIpc) is 2.41. The van der Waals surface area contributed by atoms with Crippen molar-refractivity contribution in [3.63, 3.8) is 0 Å². The molecule has 0 atom stereocenters. The van der Waals surface area contributed by atoms with Crippen LogP contribution in [0.4, 0.5) is 18.9 Å². The minimum Gasteiger partial charge on any atom is -0.432 e. The first kappa shape index (κ1) is 15.9. The highest BCUT2D eigenvalue weighted by Gasteiger charge is 2.14. The summed E-state index contributed by atoms with van der Waals surface area (Å²) < 4.78 is 41.9. The van der Waals surface area contributed by atoms with Crippen LogP contribution in [0, 0.1) is 5.82 Å². The number of thioether (sulfide) groups is 1. The zero-order valence-corrected chi connectivity index (χ0v) is 12.2. The number of halogens is 4. The molecule has 7 heteroatoms. The Bertz CT molecular complexity index is 640. The van der Waals surface area contributed by atoms with E-state index < -0.39 is 18.2 Å². The molecule has 0 aliphatic rings. The highest BCUT2D eigenvalue weighted by atomic mass is 35.5. The Kier molecular flexibility index (Phi) is 5.25. The van der Waals surface area contributed by atoms with Gasteiger partial charge in [-0.05, 0) is 17.7 Å². The fourth-order valence-corrected chi connectivity index (χ4v) is 2.89. The first-order chi connectivity index (χ1) is 9.97. The number of rotatable bonds is 5. The Morgan fingerprint density at radius 3 is 2.62 bits per heavy atom. The molecule has 2 N–H and O–H groups in total. The molecule has 0 aromatic heterocycles. The summed E-state index contributed by atoms with van der Waals surface area (Å²) in [6, 6.07) is 9.35. The SMILES string of the molecule is Nc1cc(F)c(OC(F)F)cc1SCc1ccccc1Cl. The number of alkyl halides is 2. The van der Waals surface area contributed by atoms with Gasteiger partial charge in [-0.2, -0.15) is 8.78 Å². The number of anilines is 1. The van der Waals surface area contributed by atoms with Crippen molar-refractivity contribution in [3.05, 3.63) is 52.8 Å². The van der Waals surface area contributed by atoms with Crippen LogP contribution in [0.2, 0.25) is 5.02 Å². The Labute approximate surface area is 129 Å². The van der Waals surface area contributed by atoms with Crippen molar-refractivity contribution in [3.8, 4) is 5.75 Å². The average molecular weight is 334 g/mol. The molecule has 112 valence electrons. The van der Waals surface area contributed by atoms with Gasteiger partial charge in [-0.1, -0.05) is 29.8 Å². The molecule has 21 heavy (non-hydrogen) atoms. The van der Waals surface area contributed by atoms with Gasteiger partial charge >= 0.3 is 6.61 Å². The number of hydrogen-bond donors (Lipinski definition) is 1. The maximum Gasteiger partial charge on any atom is 0.387 e. The molecule has 0 radical (unpaired) electrons. The van der Waals surface area contributed by atoms with Crippen LogP contribution in [0.15, 0.2) is 41.3 Å². The largest absolute Gasteiger partial charge is 0.432 e. The Morgan fingerprint density at radius 1 is 1.24 bits per heavy atom. The number of hydrogen-bond acceptors (Lipinski definition) is 3. The van der Waals surface area contributed by atoms with Crippen LogP contribution >= 0.6 is 23.4 Å². The normalized spacial score (nSPS) is 10.9. The molecule has 2 aromatic carbocycles. The molecule has 0 fully saturated rings. The van der Waals surface area contributed by atoms with Gasteiger partial charge in [0, 0.05) is 27.4 Å². The maximum absolute atomic E-state index is 13.4. The Hall–Kier alpha value is -1.53. The van der Waals surface area contributed by atoms with Crippen molar-refractivity contribution in [2.24, 2.45) is 0 Å². The van der Waals surface area contributed by atoms with E-state index in [4.69, 9.17) is 17.3 Å². The van der Waals surface area contributed by atoms with E-state index in [2.05, 4.69) is 4.74 Å². The van der Waals surface area contributed by atoms with Crippen molar-refractivity contribution in [1.29, 1.82) is 0 Å². The van der Waals surface area contributed by atoms with Gasteiger partial charge in [0.15, 0.2) is 11.6 Å². The number of nitrogen functional groups attached to an aromatic ring is 1. The quantitative estimate of drug-likeness (QED) is 0.620. The predicted molar refractivity (Wildman–Crippen MR) is 78.5 cm³/mol. The van der Waals surface area contributed by atoms with E-state index in [9.17, 15) is 13.2 Å². The van der Waals surface area contributed by atoms with Gasteiger partial charge in [0.25, 0.3) is 0 Å². The van der Waals surface area contributed by atoms with Crippen molar-refractivity contribution in [1.82, 2.24) is 0 Å². The topological polar surface area (TPSA) is 35.2 Å². The van der Waals surface area contributed by atoms with Gasteiger partial charge in [0.2, 0.25) is 0 Å². The highest BCUT2D eigenvalue weighted by Crippen LogP contribution is 2.35. The maximum atomic E-state index is 13.4. The minimum atomic E-state index is -3.09. The van der Waals surface area contributed by atoms with E-state index in [0.717, 1.165) is 11.6 Å². The zero-order chi connectivity index (χ0) is 15.4. The number of ether oxygens (including phenoxy) is 1. The molecule has 0 unspecified atom stereocenters. The fourth-order valence-electron chi connectivity index (χ4n) is 1.63. The van der Waals surface area contributed by atoms with Gasteiger partial charge in [-0.25, -0.2) is 4.39 Å². The van der Waals surface area contributed by atoms with E-state index in [-0.39, 0.29) is 5.69 Å². The lowest BCUT2D eigenvalue weighted by atomic mass is 10.2. The van der Waals surface area contributed by atoms with Gasteiger partial charge in [0.1, 0.15) is 0 Å². The lowest BCUT2D eigenvalue weighted by molar-refractivity contribution is -0.0523. The van der Waals surface area contributed by atoms with Crippen molar-refractivity contribution < 1.29 is 17.9 Å². The molecular formula is C14H11ClF3NOS. The van der Waals surface area contributed by atoms with E-state index in [0.29, 0.717) is 15.7 Å². The third-order valence-electron chi connectivity index (χ3n) is 2.62. The smallest absolute Gasteiger partial charge is 0.387 e. The van der Waals surface area contributed by atoms with Crippen molar-refractivity contribution >= 4 is 29.1 Å². The first-order valence-corrected chi connectivity index (χ1v) is 7.23. The second-order valence-corrected chi connectivity index (χ2v) is 5.50. The third-order valence-corrected chi connectivity index (χ3v) is 4.11. The molecular weight excluding hydrogens is 323 g/mol. The van der Waals surface area contributed by atoms with Crippen LogP contribution in [0.3, 0.4) is 0 Å². The van der Waals surface area contributed by atoms with E-state index >= 15 is 0 Å². The van der Waals surface area contributed by atoms with Crippen LogP contribution in [-0.2, 0) is 5.75 Å². The van der Waals surface area contributed by atoms with Crippen LogP contribution < -0.4 is 10.5 Å². The zero-order valence-electron chi connectivity index (χ0n) is 10.7. The summed E-state index contributed by atoms with van der Waals surface area (Å²) in [6.45, 7) is -3.09. The Morgan fingerprint density at radius 2 is 1.95 bits per heavy atom. The number of nitrogens with two attached hydrogens (primary N) is 1.